The molecule has 0 spiro atoms. The number of rotatable bonds is 5. The monoisotopic (exact) mass is 210 g/mol. The largest absolute Gasteiger partial charge is 0.422 e. The molecule has 0 aromatic carbocycles. The Morgan fingerprint density at radius 3 is 2.67 bits per heavy atom. The van der Waals surface area contributed by atoms with E-state index in [9.17, 15) is 0 Å². The van der Waals surface area contributed by atoms with E-state index in [1.165, 1.54) is 12.5 Å². The summed E-state index contributed by atoms with van der Waals surface area (Å²) in [5.74, 6) is 0. The summed E-state index contributed by atoms with van der Waals surface area (Å²) in [6, 6.07) is 1.31. The lowest BCUT2D eigenvalue weighted by atomic mass is 10.5. The fraction of sp³-hybridized carbons (Fsp3) is 1.00. The minimum absolute atomic E-state index is 0.177. The van der Waals surface area contributed by atoms with E-state index in [-0.39, 0.29) is 9.76 Å². The van der Waals surface area contributed by atoms with E-state index in [0.29, 0.717) is 6.10 Å². The second kappa shape index (κ2) is 6.77. The highest BCUT2D eigenvalue weighted by molar-refractivity contribution is 9.09. The summed E-state index contributed by atoms with van der Waals surface area (Å²) in [6.45, 7) is 4.20. The van der Waals surface area contributed by atoms with Crippen molar-refractivity contribution in [2.24, 2.45) is 0 Å². The van der Waals surface area contributed by atoms with Gasteiger partial charge in [-0.15, -0.1) is 0 Å². The molecule has 0 unspecified atom stereocenters. The topological polar surface area (TPSA) is 9.23 Å². The summed E-state index contributed by atoms with van der Waals surface area (Å²) in [7, 11) is -0.177. The molecule has 0 radical (unpaired) electrons. The summed E-state index contributed by atoms with van der Waals surface area (Å²) >= 11 is 3.38. The molecular formula is C6H15BrOSi. The molecule has 0 aliphatic heterocycles. The van der Waals surface area contributed by atoms with Crippen molar-refractivity contribution < 1.29 is 4.43 Å². The smallest absolute Gasteiger partial charge is 0.161 e. The van der Waals surface area contributed by atoms with Gasteiger partial charge in [0, 0.05) is 11.4 Å². The second-order valence-corrected chi connectivity index (χ2v) is 4.56. The zero-order chi connectivity index (χ0) is 7.11. The van der Waals surface area contributed by atoms with Crippen LogP contribution in [-0.4, -0.2) is 21.2 Å². The molecule has 1 nitrogen and oxygen atoms in total. The highest BCUT2D eigenvalue weighted by Gasteiger charge is 1.91. The molecule has 0 saturated heterocycles. The van der Waals surface area contributed by atoms with Crippen molar-refractivity contribution in [2.75, 3.05) is 5.33 Å². The van der Waals surface area contributed by atoms with Crippen LogP contribution in [0.15, 0.2) is 0 Å². The van der Waals surface area contributed by atoms with Crippen molar-refractivity contribution in [2.45, 2.75) is 32.4 Å². The van der Waals surface area contributed by atoms with E-state index in [1.807, 2.05) is 0 Å². The van der Waals surface area contributed by atoms with E-state index in [4.69, 9.17) is 4.43 Å². The van der Waals surface area contributed by atoms with Crippen LogP contribution < -0.4 is 0 Å². The average Bonchev–Trinajstić information content (AvgIpc) is 1.80. The SMILES string of the molecule is CC(C)O[SiH2]CCCBr. The molecule has 9 heavy (non-hydrogen) atoms. The lowest BCUT2D eigenvalue weighted by Gasteiger charge is -2.05. The molecule has 0 aliphatic carbocycles. The Kier molecular flexibility index (Phi) is 7.27. The normalized spacial score (nSPS) is 12.0. The van der Waals surface area contributed by atoms with Crippen molar-refractivity contribution >= 4 is 25.7 Å². The van der Waals surface area contributed by atoms with Crippen LogP contribution in [-0.2, 0) is 4.43 Å². The molecular weight excluding hydrogens is 196 g/mol. The average molecular weight is 211 g/mol. The van der Waals surface area contributed by atoms with Crippen LogP contribution in [0.2, 0.25) is 6.04 Å². The maximum atomic E-state index is 5.46. The summed E-state index contributed by atoms with van der Waals surface area (Å²) < 4.78 is 5.46. The molecule has 0 N–H and O–H groups in total. The van der Waals surface area contributed by atoms with Crippen molar-refractivity contribution in [3.63, 3.8) is 0 Å². The van der Waals surface area contributed by atoms with Gasteiger partial charge < -0.3 is 4.43 Å². The molecule has 0 saturated carbocycles. The number of hydrogen-bond donors (Lipinski definition) is 0. The van der Waals surface area contributed by atoms with Crippen molar-refractivity contribution in [3.8, 4) is 0 Å². The van der Waals surface area contributed by atoms with Crippen LogP contribution in [0.4, 0.5) is 0 Å². The van der Waals surface area contributed by atoms with E-state index in [1.54, 1.807) is 0 Å². The molecule has 0 amide bonds. The molecule has 0 fully saturated rings. The number of halogens is 1. The maximum absolute atomic E-state index is 5.46. The first-order valence-electron chi connectivity index (χ1n) is 3.45. The lowest BCUT2D eigenvalue weighted by molar-refractivity contribution is 0.255. The molecule has 0 aliphatic rings. The van der Waals surface area contributed by atoms with Gasteiger partial charge in [0.15, 0.2) is 9.76 Å². The Bertz CT molecular complexity index is 59.0. The Balaban J connectivity index is 2.75. The van der Waals surface area contributed by atoms with E-state index >= 15 is 0 Å². The van der Waals surface area contributed by atoms with Gasteiger partial charge >= 0.3 is 0 Å². The van der Waals surface area contributed by atoms with E-state index < -0.39 is 0 Å². The Hall–Kier alpha value is 0.657. The standard InChI is InChI=1S/C6H15BrOSi/c1-6(2)8-9-5-3-4-7/h6H,3-5,9H2,1-2H3. The van der Waals surface area contributed by atoms with Gasteiger partial charge in [-0.1, -0.05) is 15.9 Å². The van der Waals surface area contributed by atoms with Gasteiger partial charge in [0.1, 0.15) is 0 Å². The molecule has 0 rings (SSSR count). The minimum Gasteiger partial charge on any atom is -0.422 e. The first-order chi connectivity index (χ1) is 4.27. The number of alkyl halides is 1. The predicted octanol–water partition coefficient (Wildman–Crippen LogP) is 1.70. The van der Waals surface area contributed by atoms with Gasteiger partial charge in [-0.25, -0.2) is 0 Å². The summed E-state index contributed by atoms with van der Waals surface area (Å²) in [5, 5.41) is 1.13. The zero-order valence-corrected chi connectivity index (χ0v) is 9.19. The van der Waals surface area contributed by atoms with Gasteiger partial charge in [-0.2, -0.15) is 0 Å². The Morgan fingerprint density at radius 2 is 2.22 bits per heavy atom. The third kappa shape index (κ3) is 8.66. The van der Waals surface area contributed by atoms with Gasteiger partial charge in [-0.05, 0) is 26.3 Å². The van der Waals surface area contributed by atoms with Crippen LogP contribution in [0.1, 0.15) is 20.3 Å². The van der Waals surface area contributed by atoms with E-state index in [0.717, 1.165) is 5.33 Å². The highest BCUT2D eigenvalue weighted by atomic mass is 79.9. The fourth-order valence-electron chi connectivity index (χ4n) is 0.516. The van der Waals surface area contributed by atoms with Crippen LogP contribution in [0, 0.1) is 0 Å². The first-order valence-corrected chi connectivity index (χ1v) is 6.15. The molecule has 0 bridgehead atoms. The number of hydrogen-bond acceptors (Lipinski definition) is 1. The van der Waals surface area contributed by atoms with Crippen molar-refractivity contribution in [1.29, 1.82) is 0 Å². The van der Waals surface area contributed by atoms with E-state index in [2.05, 4.69) is 29.8 Å². The van der Waals surface area contributed by atoms with Crippen LogP contribution in [0.5, 0.6) is 0 Å². The Labute approximate surface area is 68.2 Å². The summed E-state index contributed by atoms with van der Waals surface area (Å²) in [4.78, 5) is 0. The van der Waals surface area contributed by atoms with Crippen LogP contribution in [0.25, 0.3) is 0 Å². The molecule has 0 aromatic rings. The molecule has 0 heterocycles. The fourth-order valence-corrected chi connectivity index (χ4v) is 2.74. The first kappa shape index (κ1) is 9.66. The third-order valence-electron chi connectivity index (χ3n) is 0.979. The summed E-state index contributed by atoms with van der Waals surface area (Å²) in [6.07, 6.45) is 1.73. The molecule has 56 valence electrons. The highest BCUT2D eigenvalue weighted by Crippen LogP contribution is 1.95. The predicted molar refractivity (Wildman–Crippen MR) is 48.0 cm³/mol. The van der Waals surface area contributed by atoms with Crippen molar-refractivity contribution in [3.05, 3.63) is 0 Å². The quantitative estimate of drug-likeness (QED) is 0.382. The zero-order valence-electron chi connectivity index (χ0n) is 6.19. The van der Waals surface area contributed by atoms with Crippen LogP contribution >= 0.6 is 15.9 Å². The second-order valence-electron chi connectivity index (χ2n) is 2.32. The van der Waals surface area contributed by atoms with Crippen molar-refractivity contribution in [1.82, 2.24) is 0 Å². The third-order valence-corrected chi connectivity index (χ3v) is 3.23. The minimum atomic E-state index is -0.177. The Morgan fingerprint density at radius 1 is 1.56 bits per heavy atom. The lowest BCUT2D eigenvalue weighted by Crippen LogP contribution is -2.06. The molecule has 0 atom stereocenters. The van der Waals surface area contributed by atoms with Gasteiger partial charge in [0.05, 0.1) is 0 Å². The van der Waals surface area contributed by atoms with Gasteiger partial charge in [0.25, 0.3) is 0 Å². The van der Waals surface area contributed by atoms with Gasteiger partial charge in [0.2, 0.25) is 0 Å². The molecule has 3 heteroatoms. The van der Waals surface area contributed by atoms with Crippen LogP contribution in [0.3, 0.4) is 0 Å². The molecule has 0 aromatic heterocycles. The van der Waals surface area contributed by atoms with Gasteiger partial charge in [-0.3, -0.25) is 0 Å². The maximum Gasteiger partial charge on any atom is 0.161 e. The summed E-state index contributed by atoms with van der Waals surface area (Å²) in [5.41, 5.74) is 0.